The second kappa shape index (κ2) is 5.99. The predicted molar refractivity (Wildman–Crippen MR) is 94.2 cm³/mol. The zero-order valence-electron chi connectivity index (χ0n) is 14.3. The fraction of sp³-hybridized carbons (Fsp3) is 0.444. The number of carboxylic acid groups (broad SMARTS) is 1. The first kappa shape index (κ1) is 17.4. The van der Waals surface area contributed by atoms with E-state index in [4.69, 9.17) is 14.2 Å². The molecule has 7 nitrogen and oxygen atoms in total. The van der Waals surface area contributed by atoms with E-state index in [0.29, 0.717) is 29.1 Å². The van der Waals surface area contributed by atoms with Gasteiger partial charge in [0.25, 0.3) is 0 Å². The zero-order valence-corrected chi connectivity index (χ0v) is 15.9. The number of aliphatic carboxylic acids is 1. The normalized spacial score (nSPS) is 31.8. The van der Waals surface area contributed by atoms with Gasteiger partial charge in [-0.25, -0.2) is 0 Å². The lowest BCUT2D eigenvalue weighted by atomic mass is 9.77. The van der Waals surface area contributed by atoms with E-state index in [1.807, 2.05) is 12.1 Å². The third-order valence-corrected chi connectivity index (χ3v) is 6.05. The molecule has 2 saturated heterocycles. The first-order valence-corrected chi connectivity index (χ1v) is 8.98. The van der Waals surface area contributed by atoms with E-state index < -0.39 is 29.5 Å². The number of hydrogen-bond donors (Lipinski definition) is 1. The van der Waals surface area contributed by atoms with Crippen LogP contribution in [0.3, 0.4) is 0 Å². The minimum absolute atomic E-state index is 0.200. The van der Waals surface area contributed by atoms with E-state index in [2.05, 4.69) is 15.9 Å². The number of hydrogen-bond acceptors (Lipinski definition) is 5. The number of halogens is 1. The Morgan fingerprint density at radius 3 is 2.85 bits per heavy atom. The molecule has 2 fully saturated rings. The summed E-state index contributed by atoms with van der Waals surface area (Å²) in [6.45, 7) is 0.636. The molecule has 3 heterocycles. The number of nitrogens with zero attached hydrogens (tertiary/aromatic N) is 1. The number of fused-ring (bicyclic) bond motifs is 1. The fourth-order valence-electron chi connectivity index (χ4n) is 4.24. The average molecular weight is 424 g/mol. The lowest BCUT2D eigenvalue weighted by Crippen LogP contribution is -2.39. The molecule has 3 aliphatic rings. The van der Waals surface area contributed by atoms with Crippen molar-refractivity contribution in [2.24, 2.45) is 11.8 Å². The molecule has 0 aliphatic carbocycles. The minimum atomic E-state index is -1.01. The second-order valence-corrected chi connectivity index (χ2v) is 7.65. The van der Waals surface area contributed by atoms with E-state index >= 15 is 0 Å². The quantitative estimate of drug-likeness (QED) is 0.776. The number of carbonyl (C=O) groups excluding carboxylic acids is 1. The first-order valence-electron chi connectivity index (χ1n) is 8.19. The number of amides is 1. The van der Waals surface area contributed by atoms with Crippen molar-refractivity contribution < 1.29 is 28.9 Å². The van der Waals surface area contributed by atoms with Gasteiger partial charge in [0.15, 0.2) is 0 Å². The predicted octanol–water partition coefficient (Wildman–Crippen LogP) is 1.79. The molecule has 0 saturated carbocycles. The summed E-state index contributed by atoms with van der Waals surface area (Å²) in [4.78, 5) is 26.4. The standard InChI is InChI=1S/C18H18BrNO6/c1-24-10-4-3-9(12(5-10)25-2)7-20-8-18-6-11(19)15(26-18)13(17(22)23)14(18)16(20)21/h3-6,13-15H,7-8H2,1-2H3,(H,22,23)/t13-,14-,15-,18-/m0/s1. The lowest BCUT2D eigenvalue weighted by Gasteiger charge is -2.22. The summed E-state index contributed by atoms with van der Waals surface area (Å²) in [5.41, 5.74) is -0.0499. The van der Waals surface area contributed by atoms with Crippen LogP contribution in [0.2, 0.25) is 0 Å². The molecule has 138 valence electrons. The molecule has 0 unspecified atom stereocenters. The van der Waals surface area contributed by atoms with Crippen molar-refractivity contribution in [3.63, 3.8) is 0 Å². The van der Waals surface area contributed by atoms with Crippen molar-refractivity contribution >= 4 is 27.8 Å². The Morgan fingerprint density at radius 2 is 2.19 bits per heavy atom. The van der Waals surface area contributed by atoms with Gasteiger partial charge < -0.3 is 24.2 Å². The van der Waals surface area contributed by atoms with Gasteiger partial charge in [0.2, 0.25) is 5.91 Å². The van der Waals surface area contributed by atoms with Gasteiger partial charge in [-0.05, 0) is 18.2 Å². The van der Waals surface area contributed by atoms with Crippen LogP contribution in [0.15, 0.2) is 28.8 Å². The Balaban J connectivity index is 1.63. The van der Waals surface area contributed by atoms with Crippen LogP contribution in [0, 0.1) is 11.8 Å². The topological polar surface area (TPSA) is 85.3 Å². The van der Waals surface area contributed by atoms with Crippen molar-refractivity contribution in [2.45, 2.75) is 18.2 Å². The van der Waals surface area contributed by atoms with Crippen LogP contribution in [0.25, 0.3) is 0 Å². The fourth-order valence-corrected chi connectivity index (χ4v) is 5.01. The maximum atomic E-state index is 13.0. The molecule has 1 N–H and O–H groups in total. The Kier molecular flexibility index (Phi) is 4.00. The lowest BCUT2D eigenvalue weighted by molar-refractivity contribution is -0.148. The summed E-state index contributed by atoms with van der Waals surface area (Å²) in [7, 11) is 3.13. The van der Waals surface area contributed by atoms with Crippen molar-refractivity contribution in [1.29, 1.82) is 0 Å². The molecular weight excluding hydrogens is 406 g/mol. The van der Waals surface area contributed by atoms with Crippen molar-refractivity contribution in [1.82, 2.24) is 4.90 Å². The summed E-state index contributed by atoms with van der Waals surface area (Å²) in [6.07, 6.45) is 1.27. The highest BCUT2D eigenvalue weighted by molar-refractivity contribution is 9.11. The van der Waals surface area contributed by atoms with Crippen molar-refractivity contribution in [3.05, 3.63) is 34.3 Å². The third-order valence-electron chi connectivity index (χ3n) is 5.37. The highest BCUT2D eigenvalue weighted by Crippen LogP contribution is 2.55. The molecular formula is C18H18BrNO6. The molecule has 3 aliphatic heterocycles. The monoisotopic (exact) mass is 423 g/mol. The Hall–Kier alpha value is -2.06. The molecule has 8 heteroatoms. The van der Waals surface area contributed by atoms with E-state index in [-0.39, 0.29) is 5.91 Å². The Morgan fingerprint density at radius 1 is 1.42 bits per heavy atom. The van der Waals surface area contributed by atoms with Gasteiger partial charge in [-0.2, -0.15) is 0 Å². The van der Waals surface area contributed by atoms with Crippen LogP contribution < -0.4 is 9.47 Å². The van der Waals surface area contributed by atoms with Crippen LogP contribution in [0.4, 0.5) is 0 Å². The van der Waals surface area contributed by atoms with Crippen LogP contribution in [0.5, 0.6) is 11.5 Å². The van der Waals surface area contributed by atoms with E-state index in [1.54, 1.807) is 31.3 Å². The van der Waals surface area contributed by atoms with Gasteiger partial charge >= 0.3 is 5.97 Å². The maximum absolute atomic E-state index is 13.0. The minimum Gasteiger partial charge on any atom is -0.497 e. The number of carboxylic acids is 1. The summed E-state index contributed by atoms with van der Waals surface area (Å²) < 4.78 is 17.3. The Labute approximate surface area is 158 Å². The number of benzene rings is 1. The number of likely N-dealkylation sites (tertiary alicyclic amines) is 1. The van der Waals surface area contributed by atoms with Crippen LogP contribution >= 0.6 is 15.9 Å². The average Bonchev–Trinajstić information content (AvgIpc) is 3.20. The number of rotatable bonds is 5. The van der Waals surface area contributed by atoms with Crippen molar-refractivity contribution in [3.8, 4) is 11.5 Å². The van der Waals surface area contributed by atoms with Crippen LogP contribution in [-0.4, -0.2) is 54.4 Å². The first-order chi connectivity index (χ1) is 12.4. The summed E-state index contributed by atoms with van der Waals surface area (Å²) in [5.74, 6) is -1.50. The zero-order chi connectivity index (χ0) is 18.6. The van der Waals surface area contributed by atoms with Crippen LogP contribution in [0.1, 0.15) is 5.56 Å². The molecule has 0 radical (unpaired) electrons. The third kappa shape index (κ3) is 2.35. The van der Waals surface area contributed by atoms with Gasteiger partial charge in [0.05, 0.1) is 26.7 Å². The molecule has 1 amide bonds. The maximum Gasteiger partial charge on any atom is 0.310 e. The largest absolute Gasteiger partial charge is 0.497 e. The van der Waals surface area contributed by atoms with E-state index in [9.17, 15) is 14.7 Å². The molecule has 1 aromatic carbocycles. The van der Waals surface area contributed by atoms with Gasteiger partial charge in [-0.15, -0.1) is 0 Å². The molecule has 2 bridgehead atoms. The van der Waals surface area contributed by atoms with E-state index in [0.717, 1.165) is 5.56 Å². The molecule has 4 atom stereocenters. The number of carbonyl (C=O) groups is 2. The highest BCUT2D eigenvalue weighted by atomic mass is 79.9. The SMILES string of the molecule is COc1ccc(CN2C[C@]34C=C(Br)[C@H](O3)[C@@H](C(=O)O)[C@H]4C2=O)c(OC)c1. The summed E-state index contributed by atoms with van der Waals surface area (Å²) in [5, 5.41) is 9.60. The molecule has 1 aromatic rings. The van der Waals surface area contributed by atoms with Gasteiger partial charge in [-0.1, -0.05) is 15.9 Å². The van der Waals surface area contributed by atoms with Gasteiger partial charge in [0, 0.05) is 22.7 Å². The van der Waals surface area contributed by atoms with Crippen LogP contribution in [-0.2, 0) is 20.9 Å². The molecule has 26 heavy (non-hydrogen) atoms. The smallest absolute Gasteiger partial charge is 0.310 e. The van der Waals surface area contributed by atoms with E-state index in [1.165, 1.54) is 0 Å². The number of methoxy groups -OCH3 is 2. The number of ether oxygens (including phenoxy) is 3. The van der Waals surface area contributed by atoms with Gasteiger partial charge in [0.1, 0.15) is 29.1 Å². The summed E-state index contributed by atoms with van der Waals surface area (Å²) in [6, 6.07) is 5.40. The van der Waals surface area contributed by atoms with Gasteiger partial charge in [-0.3, -0.25) is 9.59 Å². The Bertz CT molecular complexity index is 824. The molecule has 0 aromatic heterocycles. The summed E-state index contributed by atoms with van der Waals surface area (Å²) >= 11 is 3.39. The molecule has 1 spiro atoms. The molecule has 4 rings (SSSR count). The van der Waals surface area contributed by atoms with Crippen molar-refractivity contribution in [2.75, 3.05) is 20.8 Å². The highest BCUT2D eigenvalue weighted by Gasteiger charge is 2.68. The second-order valence-electron chi connectivity index (χ2n) is 6.74.